The van der Waals surface area contributed by atoms with Gasteiger partial charge in [0.25, 0.3) is 0 Å². The number of Topliss-reactive ketones (excluding diaryl/α,β-unsaturated/α-hetero) is 1. The Balaban J connectivity index is 3.98. The van der Waals surface area contributed by atoms with Gasteiger partial charge in [-0.3, -0.25) is 4.79 Å². The first-order chi connectivity index (χ1) is 5.75. The van der Waals surface area contributed by atoms with E-state index in [4.69, 9.17) is 5.73 Å². The van der Waals surface area contributed by atoms with E-state index in [2.05, 4.69) is 13.8 Å². The zero-order valence-electron chi connectivity index (χ0n) is 9.55. The summed E-state index contributed by atoms with van der Waals surface area (Å²) in [4.78, 5) is 11.7. The van der Waals surface area contributed by atoms with Crippen molar-refractivity contribution in [3.63, 3.8) is 0 Å². The minimum atomic E-state index is -0.295. The molecule has 13 heavy (non-hydrogen) atoms. The molecule has 0 aliphatic heterocycles. The van der Waals surface area contributed by atoms with Gasteiger partial charge in [0.15, 0.2) is 5.78 Å². The number of hydrogen-bond donors (Lipinski definition) is 1. The fourth-order valence-corrected chi connectivity index (χ4v) is 1.20. The molecule has 1 unspecified atom stereocenters. The molecule has 0 rings (SSSR count). The highest BCUT2D eigenvalue weighted by molar-refractivity contribution is 5.88. The van der Waals surface area contributed by atoms with Crippen molar-refractivity contribution in [2.24, 2.45) is 17.1 Å². The van der Waals surface area contributed by atoms with Crippen LogP contribution in [0.3, 0.4) is 0 Å². The van der Waals surface area contributed by atoms with Crippen molar-refractivity contribution >= 4 is 5.78 Å². The summed E-state index contributed by atoms with van der Waals surface area (Å²) in [5, 5.41) is 0. The van der Waals surface area contributed by atoms with E-state index in [-0.39, 0.29) is 17.2 Å². The summed E-state index contributed by atoms with van der Waals surface area (Å²) in [6.07, 6.45) is 1.84. The van der Waals surface area contributed by atoms with Crippen LogP contribution in [0.4, 0.5) is 0 Å². The second-order valence-corrected chi connectivity index (χ2v) is 5.19. The molecular weight excluding hydrogens is 162 g/mol. The van der Waals surface area contributed by atoms with Gasteiger partial charge in [0.2, 0.25) is 0 Å². The Morgan fingerprint density at radius 2 is 1.69 bits per heavy atom. The molecule has 0 saturated carbocycles. The number of hydrogen-bond acceptors (Lipinski definition) is 2. The van der Waals surface area contributed by atoms with Crippen molar-refractivity contribution in [3.05, 3.63) is 0 Å². The van der Waals surface area contributed by atoms with Crippen LogP contribution in [-0.2, 0) is 4.79 Å². The lowest BCUT2D eigenvalue weighted by atomic mass is 9.84. The third-order valence-corrected chi connectivity index (χ3v) is 2.13. The lowest BCUT2D eigenvalue weighted by Crippen LogP contribution is -2.38. The average molecular weight is 185 g/mol. The Bertz CT molecular complexity index is 167. The van der Waals surface area contributed by atoms with E-state index < -0.39 is 0 Å². The van der Waals surface area contributed by atoms with Gasteiger partial charge in [-0.15, -0.1) is 0 Å². The highest BCUT2D eigenvalue weighted by Gasteiger charge is 2.26. The summed E-state index contributed by atoms with van der Waals surface area (Å²) in [5.74, 6) is 0.798. The molecular formula is C11H23NO. The molecule has 0 aliphatic rings. The van der Waals surface area contributed by atoms with Crippen molar-refractivity contribution < 1.29 is 4.79 Å². The summed E-state index contributed by atoms with van der Waals surface area (Å²) < 4.78 is 0. The molecule has 0 spiro atoms. The Morgan fingerprint density at radius 3 is 2.00 bits per heavy atom. The van der Waals surface area contributed by atoms with Crippen LogP contribution in [0.5, 0.6) is 0 Å². The van der Waals surface area contributed by atoms with Crippen LogP contribution in [0, 0.1) is 11.3 Å². The normalized spacial score (nSPS) is 14.7. The van der Waals surface area contributed by atoms with Crippen LogP contribution in [0.1, 0.15) is 47.5 Å². The maximum Gasteiger partial charge on any atom is 0.154 e. The number of rotatable bonds is 4. The summed E-state index contributed by atoms with van der Waals surface area (Å²) in [5.41, 5.74) is 5.51. The Morgan fingerprint density at radius 1 is 1.23 bits per heavy atom. The van der Waals surface area contributed by atoms with Crippen LogP contribution in [-0.4, -0.2) is 11.8 Å². The zero-order chi connectivity index (χ0) is 10.6. The minimum absolute atomic E-state index is 0.174. The van der Waals surface area contributed by atoms with Crippen LogP contribution >= 0.6 is 0 Å². The van der Waals surface area contributed by atoms with Gasteiger partial charge in [-0.05, 0) is 18.8 Å². The summed E-state index contributed by atoms with van der Waals surface area (Å²) in [7, 11) is 0. The predicted octanol–water partition coefficient (Wildman–Crippen LogP) is 2.37. The summed E-state index contributed by atoms with van der Waals surface area (Å²) >= 11 is 0. The molecule has 2 N–H and O–H groups in total. The van der Waals surface area contributed by atoms with Crippen LogP contribution in [0.15, 0.2) is 0 Å². The number of nitrogens with two attached hydrogens (primary N) is 1. The van der Waals surface area contributed by atoms with Gasteiger partial charge in [0, 0.05) is 5.41 Å². The zero-order valence-corrected chi connectivity index (χ0v) is 9.55. The summed E-state index contributed by atoms with van der Waals surface area (Å²) in [6, 6.07) is -0.276. The van der Waals surface area contributed by atoms with Gasteiger partial charge in [0.05, 0.1) is 6.04 Å². The van der Waals surface area contributed by atoms with E-state index in [9.17, 15) is 4.79 Å². The molecule has 2 nitrogen and oxygen atoms in total. The Labute approximate surface area is 81.9 Å². The molecule has 0 heterocycles. The van der Waals surface area contributed by atoms with Crippen LogP contribution in [0.25, 0.3) is 0 Å². The molecule has 0 radical (unpaired) electrons. The quantitative estimate of drug-likeness (QED) is 0.730. The standard InChI is InChI=1S/C11H23NO/c1-8(2)6-7-9(12)10(13)11(3,4)5/h8-9H,6-7,12H2,1-5H3. The highest BCUT2D eigenvalue weighted by atomic mass is 16.1. The molecule has 0 aromatic rings. The molecule has 0 bridgehead atoms. The Kier molecular flexibility index (Phi) is 4.62. The Hall–Kier alpha value is -0.370. The molecule has 78 valence electrons. The van der Waals surface area contributed by atoms with E-state index in [1.54, 1.807) is 0 Å². The van der Waals surface area contributed by atoms with Crippen molar-refractivity contribution in [2.45, 2.75) is 53.5 Å². The van der Waals surface area contributed by atoms with Crippen molar-refractivity contribution in [3.8, 4) is 0 Å². The SMILES string of the molecule is CC(C)CCC(N)C(=O)C(C)(C)C. The smallest absolute Gasteiger partial charge is 0.154 e. The van der Waals surface area contributed by atoms with Gasteiger partial charge < -0.3 is 5.73 Å². The fourth-order valence-electron chi connectivity index (χ4n) is 1.20. The van der Waals surface area contributed by atoms with Gasteiger partial charge in [0.1, 0.15) is 0 Å². The topological polar surface area (TPSA) is 43.1 Å². The second kappa shape index (κ2) is 4.75. The van der Waals surface area contributed by atoms with Crippen molar-refractivity contribution in [1.82, 2.24) is 0 Å². The third kappa shape index (κ3) is 5.04. The van der Waals surface area contributed by atoms with Crippen LogP contribution in [0.2, 0.25) is 0 Å². The van der Waals surface area contributed by atoms with E-state index in [1.807, 2.05) is 20.8 Å². The number of ketones is 1. The van der Waals surface area contributed by atoms with Crippen LogP contribution < -0.4 is 5.73 Å². The predicted molar refractivity (Wildman–Crippen MR) is 56.5 cm³/mol. The largest absolute Gasteiger partial charge is 0.321 e. The lowest BCUT2D eigenvalue weighted by Gasteiger charge is -2.22. The molecule has 0 aromatic heterocycles. The number of carbonyl (C=O) groups is 1. The fraction of sp³-hybridized carbons (Fsp3) is 0.909. The maximum absolute atomic E-state index is 11.7. The number of carbonyl (C=O) groups excluding carboxylic acids is 1. The van der Waals surface area contributed by atoms with E-state index >= 15 is 0 Å². The molecule has 1 atom stereocenters. The first kappa shape index (κ1) is 12.6. The maximum atomic E-state index is 11.7. The monoisotopic (exact) mass is 185 g/mol. The van der Waals surface area contributed by atoms with E-state index in [0.717, 1.165) is 12.8 Å². The lowest BCUT2D eigenvalue weighted by molar-refractivity contribution is -0.127. The molecule has 0 aliphatic carbocycles. The average Bonchev–Trinajstić information content (AvgIpc) is 1.96. The molecule has 0 saturated heterocycles. The minimum Gasteiger partial charge on any atom is -0.321 e. The third-order valence-electron chi connectivity index (χ3n) is 2.13. The summed E-state index contributed by atoms with van der Waals surface area (Å²) in [6.45, 7) is 10.1. The molecule has 0 aromatic carbocycles. The van der Waals surface area contributed by atoms with Gasteiger partial charge in [-0.25, -0.2) is 0 Å². The molecule has 2 heteroatoms. The van der Waals surface area contributed by atoms with Gasteiger partial charge in [-0.1, -0.05) is 34.6 Å². The van der Waals surface area contributed by atoms with E-state index in [1.165, 1.54) is 0 Å². The van der Waals surface area contributed by atoms with Gasteiger partial charge >= 0.3 is 0 Å². The molecule has 0 amide bonds. The van der Waals surface area contributed by atoms with Crippen molar-refractivity contribution in [1.29, 1.82) is 0 Å². The first-order valence-electron chi connectivity index (χ1n) is 5.05. The van der Waals surface area contributed by atoms with E-state index in [0.29, 0.717) is 5.92 Å². The highest BCUT2D eigenvalue weighted by Crippen LogP contribution is 2.18. The van der Waals surface area contributed by atoms with Crippen molar-refractivity contribution in [2.75, 3.05) is 0 Å². The second-order valence-electron chi connectivity index (χ2n) is 5.19. The first-order valence-corrected chi connectivity index (χ1v) is 5.05. The van der Waals surface area contributed by atoms with Gasteiger partial charge in [-0.2, -0.15) is 0 Å². The molecule has 0 fully saturated rings.